The Morgan fingerprint density at radius 2 is 1.80 bits per heavy atom. The number of hydrogen-bond acceptors (Lipinski definition) is 10. The zero-order chi connectivity index (χ0) is 29.5. The van der Waals surface area contributed by atoms with Crippen LogP contribution in [0.1, 0.15) is 52.3 Å². The number of aromatic nitrogens is 5. The van der Waals surface area contributed by atoms with Gasteiger partial charge in [-0.2, -0.15) is 0 Å². The van der Waals surface area contributed by atoms with Gasteiger partial charge in [-0.1, -0.05) is 42.5 Å². The molecule has 3 unspecified atom stereocenters. The molecule has 4 rings (SSSR count). The molecule has 1 saturated heterocycles. The molecule has 0 saturated carbocycles. The van der Waals surface area contributed by atoms with Crippen molar-refractivity contribution in [2.75, 3.05) is 0 Å². The minimum absolute atomic E-state index is 0.0132. The van der Waals surface area contributed by atoms with Crippen LogP contribution in [-0.4, -0.2) is 74.0 Å². The lowest BCUT2D eigenvalue weighted by atomic mass is 9.93. The van der Waals surface area contributed by atoms with E-state index < -0.39 is 54.3 Å². The number of ether oxygens (including phenoxy) is 1. The molecule has 0 aliphatic carbocycles. The molecule has 0 spiro atoms. The molecule has 3 heterocycles. The number of nitrogens with zero attached hydrogens (tertiary/aromatic N) is 4. The van der Waals surface area contributed by atoms with E-state index >= 15 is 0 Å². The van der Waals surface area contributed by atoms with E-state index in [1.807, 2.05) is 30.3 Å². The summed E-state index contributed by atoms with van der Waals surface area (Å²) in [5, 5.41) is 37.7. The summed E-state index contributed by atoms with van der Waals surface area (Å²) < 4.78 is 26.4. The molecule has 15 heteroatoms. The molecule has 2 aromatic heterocycles. The largest absolute Gasteiger partial charge is 0.388 e. The SMILES string of the molecule is CCC(C)(C[C@H]1O[C@@H](n2cc(-c3cn(Cc4ccccc4)nn3)c(=O)[nH]c2=O)[C@@H](O)C1O)OP(=O)(O)C(C)(C)O. The number of aromatic amines is 1. The standard InChI is InChI=1S/C25H34N5O9P/c1-5-25(4,39-40(36,37)24(2,3)35)11-18-19(31)20(32)22(38-18)30-13-16(21(33)26-23(30)34)17-14-29(28-27-17)12-15-9-7-6-8-10-15/h6-10,13-14,18-20,22,31-32,35H,5,11-12H2,1-4H3,(H,36,37)(H,26,33,34)/t18-,19?,20+,22-,25?/m1/s1. The van der Waals surface area contributed by atoms with Crippen LogP contribution in [0.4, 0.5) is 0 Å². The zero-order valence-electron chi connectivity index (χ0n) is 22.5. The zero-order valence-corrected chi connectivity index (χ0v) is 23.4. The number of nitrogens with one attached hydrogen (secondary N) is 1. The van der Waals surface area contributed by atoms with Gasteiger partial charge in [0.05, 0.1) is 30.0 Å². The summed E-state index contributed by atoms with van der Waals surface area (Å²) in [7, 11) is -4.51. The van der Waals surface area contributed by atoms with Gasteiger partial charge in [-0.25, -0.2) is 9.48 Å². The molecule has 40 heavy (non-hydrogen) atoms. The van der Waals surface area contributed by atoms with E-state index in [0.29, 0.717) is 6.54 Å². The van der Waals surface area contributed by atoms with E-state index in [4.69, 9.17) is 9.26 Å². The molecule has 0 amide bonds. The smallest absolute Gasteiger partial charge is 0.359 e. The lowest BCUT2D eigenvalue weighted by molar-refractivity contribution is -0.0709. The first kappa shape index (κ1) is 30.0. The molecule has 3 aromatic rings. The molecule has 1 aliphatic heterocycles. The van der Waals surface area contributed by atoms with Crippen molar-refractivity contribution in [3.8, 4) is 11.3 Å². The Balaban J connectivity index is 1.58. The van der Waals surface area contributed by atoms with Crippen molar-refractivity contribution in [2.24, 2.45) is 0 Å². The van der Waals surface area contributed by atoms with Gasteiger partial charge in [0.15, 0.2) is 11.6 Å². The van der Waals surface area contributed by atoms with Crippen molar-refractivity contribution in [1.82, 2.24) is 24.5 Å². The van der Waals surface area contributed by atoms with Crippen molar-refractivity contribution < 1.29 is 34.0 Å². The van der Waals surface area contributed by atoms with Crippen LogP contribution < -0.4 is 11.2 Å². The predicted molar refractivity (Wildman–Crippen MR) is 142 cm³/mol. The molecule has 0 bridgehead atoms. The lowest BCUT2D eigenvalue weighted by Gasteiger charge is -2.36. The second-order valence-corrected chi connectivity index (χ2v) is 13.0. The van der Waals surface area contributed by atoms with Gasteiger partial charge in [0, 0.05) is 12.6 Å². The molecule has 5 N–H and O–H groups in total. The number of H-pyrrole nitrogens is 1. The quantitative estimate of drug-likeness (QED) is 0.214. The van der Waals surface area contributed by atoms with Crippen LogP contribution in [0.5, 0.6) is 0 Å². The fourth-order valence-electron chi connectivity index (χ4n) is 4.34. The second-order valence-electron chi connectivity index (χ2n) is 10.7. The Labute approximate surface area is 229 Å². The Morgan fingerprint density at radius 1 is 1.12 bits per heavy atom. The third kappa shape index (κ3) is 6.18. The number of benzene rings is 1. The van der Waals surface area contributed by atoms with Crippen LogP contribution in [0.2, 0.25) is 0 Å². The summed E-state index contributed by atoms with van der Waals surface area (Å²) in [5.41, 5.74) is -1.84. The number of rotatable bonds is 10. The second kappa shape index (κ2) is 11.1. The minimum atomic E-state index is -4.51. The highest BCUT2D eigenvalue weighted by Gasteiger charge is 2.50. The van der Waals surface area contributed by atoms with E-state index in [-0.39, 0.29) is 24.1 Å². The van der Waals surface area contributed by atoms with Crippen LogP contribution >= 0.6 is 7.60 Å². The van der Waals surface area contributed by atoms with E-state index in [0.717, 1.165) is 24.0 Å². The van der Waals surface area contributed by atoms with Gasteiger partial charge in [-0.15, -0.1) is 5.10 Å². The molecule has 1 fully saturated rings. The summed E-state index contributed by atoms with van der Waals surface area (Å²) in [6.07, 6.45) is -2.87. The topological polar surface area (TPSA) is 202 Å². The highest BCUT2D eigenvalue weighted by atomic mass is 31.2. The Bertz CT molecular complexity index is 1500. The van der Waals surface area contributed by atoms with Gasteiger partial charge >= 0.3 is 13.3 Å². The van der Waals surface area contributed by atoms with Crippen LogP contribution in [0.25, 0.3) is 11.3 Å². The maximum atomic E-state index is 12.7. The fraction of sp³-hybridized carbons (Fsp3) is 0.520. The molecule has 14 nitrogen and oxygen atoms in total. The average Bonchev–Trinajstić information content (AvgIpc) is 3.44. The normalized spacial score (nSPS) is 24.5. The van der Waals surface area contributed by atoms with Crippen molar-refractivity contribution in [2.45, 2.75) is 82.6 Å². The Morgan fingerprint density at radius 3 is 2.42 bits per heavy atom. The summed E-state index contributed by atoms with van der Waals surface area (Å²) >= 11 is 0. The lowest BCUT2D eigenvalue weighted by Crippen LogP contribution is -2.40. The van der Waals surface area contributed by atoms with Crippen molar-refractivity contribution >= 4 is 7.60 Å². The van der Waals surface area contributed by atoms with Gasteiger partial charge < -0.3 is 29.5 Å². The molecule has 1 aliphatic rings. The van der Waals surface area contributed by atoms with Crippen LogP contribution in [0, 0.1) is 0 Å². The molecule has 1 aromatic carbocycles. The van der Waals surface area contributed by atoms with Gasteiger partial charge in [-0.05, 0) is 32.8 Å². The maximum absolute atomic E-state index is 12.7. The van der Waals surface area contributed by atoms with Gasteiger partial charge in [-0.3, -0.25) is 18.9 Å². The van der Waals surface area contributed by atoms with Crippen molar-refractivity contribution in [1.29, 1.82) is 0 Å². The van der Waals surface area contributed by atoms with Crippen LogP contribution in [0.15, 0.2) is 52.3 Å². The first-order chi connectivity index (χ1) is 18.6. The number of hydrogen-bond donors (Lipinski definition) is 5. The summed E-state index contributed by atoms with van der Waals surface area (Å²) in [6, 6.07) is 9.47. The van der Waals surface area contributed by atoms with E-state index in [1.165, 1.54) is 24.0 Å². The molecular formula is C25H34N5O9P. The summed E-state index contributed by atoms with van der Waals surface area (Å²) in [6.45, 7) is 5.88. The van der Waals surface area contributed by atoms with Gasteiger partial charge in [0.2, 0.25) is 0 Å². The Kier molecular flexibility index (Phi) is 8.35. The monoisotopic (exact) mass is 579 g/mol. The summed E-state index contributed by atoms with van der Waals surface area (Å²) in [5.74, 6) is 0. The molecule has 6 atom stereocenters. The van der Waals surface area contributed by atoms with E-state index in [1.54, 1.807) is 6.92 Å². The van der Waals surface area contributed by atoms with E-state index in [2.05, 4.69) is 15.3 Å². The fourth-order valence-corrected chi connectivity index (χ4v) is 5.36. The van der Waals surface area contributed by atoms with Crippen LogP contribution in [-0.2, 0) is 20.4 Å². The first-order valence-electron chi connectivity index (χ1n) is 12.7. The molecule has 0 radical (unpaired) electrons. The third-order valence-corrected chi connectivity index (χ3v) is 9.07. The predicted octanol–water partition coefficient (Wildman–Crippen LogP) is 0.952. The summed E-state index contributed by atoms with van der Waals surface area (Å²) in [4.78, 5) is 37.8. The van der Waals surface area contributed by atoms with Crippen molar-refractivity contribution in [3.05, 3.63) is 69.1 Å². The highest BCUT2D eigenvalue weighted by Crippen LogP contribution is 2.57. The number of aliphatic hydroxyl groups excluding tert-OH is 2. The Hall–Kier alpha value is -2.97. The third-order valence-electron chi connectivity index (χ3n) is 7.00. The maximum Gasteiger partial charge on any atom is 0.359 e. The van der Waals surface area contributed by atoms with Crippen molar-refractivity contribution in [3.63, 3.8) is 0 Å². The molecule has 218 valence electrons. The van der Waals surface area contributed by atoms with E-state index in [9.17, 15) is 34.4 Å². The molecular weight excluding hydrogens is 545 g/mol. The minimum Gasteiger partial charge on any atom is -0.388 e. The van der Waals surface area contributed by atoms with Gasteiger partial charge in [0.25, 0.3) is 5.56 Å². The average molecular weight is 580 g/mol. The number of aliphatic hydroxyl groups is 3. The van der Waals surface area contributed by atoms with Gasteiger partial charge in [0.1, 0.15) is 17.9 Å². The van der Waals surface area contributed by atoms with Crippen LogP contribution in [0.3, 0.4) is 0 Å². The first-order valence-corrected chi connectivity index (χ1v) is 14.3. The highest BCUT2D eigenvalue weighted by molar-refractivity contribution is 7.54.